The number of hydrogen-bond acceptors (Lipinski definition) is 3. The van der Waals surface area contributed by atoms with Crippen molar-refractivity contribution in [1.29, 1.82) is 0 Å². The van der Waals surface area contributed by atoms with Crippen LogP contribution in [0.5, 0.6) is 0 Å². The molecule has 0 aliphatic carbocycles. The van der Waals surface area contributed by atoms with E-state index in [0.29, 0.717) is 5.69 Å². The Morgan fingerprint density at radius 1 is 1.41 bits per heavy atom. The van der Waals surface area contributed by atoms with Crippen LogP contribution in [0.15, 0.2) is 29.2 Å². The van der Waals surface area contributed by atoms with Crippen molar-refractivity contribution >= 4 is 29.3 Å². The fraction of sp³-hybridized carbons (Fsp3) is 0.333. The molecule has 1 aromatic carbocycles. The molecule has 5 heteroatoms. The van der Waals surface area contributed by atoms with Crippen molar-refractivity contribution in [2.45, 2.75) is 24.3 Å². The van der Waals surface area contributed by atoms with Crippen LogP contribution >= 0.6 is 11.8 Å². The molecule has 17 heavy (non-hydrogen) atoms. The number of benzene rings is 1. The van der Waals surface area contributed by atoms with E-state index in [4.69, 9.17) is 0 Å². The fourth-order valence-corrected chi connectivity index (χ4v) is 2.70. The number of rotatable bonds is 2. The van der Waals surface area contributed by atoms with Gasteiger partial charge in [-0.15, -0.1) is 11.8 Å². The van der Waals surface area contributed by atoms with E-state index < -0.39 is 11.5 Å². The maximum Gasteiger partial charge on any atom is 0.329 e. The quantitative estimate of drug-likeness (QED) is 0.873. The van der Waals surface area contributed by atoms with Crippen LogP contribution in [-0.4, -0.2) is 28.3 Å². The lowest BCUT2D eigenvalue weighted by atomic mass is 10.0. The van der Waals surface area contributed by atoms with Crippen LogP contribution in [0, 0.1) is 0 Å². The first-order chi connectivity index (χ1) is 7.94. The second-order valence-electron chi connectivity index (χ2n) is 4.35. The number of aliphatic carboxylic acids is 1. The van der Waals surface area contributed by atoms with Gasteiger partial charge in [0.1, 0.15) is 5.54 Å². The maximum absolute atomic E-state index is 11.9. The second-order valence-corrected chi connectivity index (χ2v) is 5.37. The molecule has 90 valence electrons. The summed E-state index contributed by atoms with van der Waals surface area (Å²) in [6, 6.07) is 7.37. The van der Waals surface area contributed by atoms with Gasteiger partial charge in [-0.05, 0) is 26.0 Å². The van der Waals surface area contributed by atoms with Gasteiger partial charge in [0, 0.05) is 4.90 Å². The summed E-state index contributed by atoms with van der Waals surface area (Å²) in [7, 11) is 0. The van der Waals surface area contributed by atoms with Gasteiger partial charge >= 0.3 is 5.97 Å². The smallest absolute Gasteiger partial charge is 0.329 e. The summed E-state index contributed by atoms with van der Waals surface area (Å²) in [4.78, 5) is 25.5. The molecule has 0 saturated carbocycles. The van der Waals surface area contributed by atoms with Crippen LogP contribution in [-0.2, 0) is 9.59 Å². The molecule has 2 rings (SSSR count). The van der Waals surface area contributed by atoms with Crippen LogP contribution in [0.25, 0.3) is 0 Å². The first-order valence-electron chi connectivity index (χ1n) is 5.23. The van der Waals surface area contributed by atoms with Crippen molar-refractivity contribution in [3.63, 3.8) is 0 Å². The van der Waals surface area contributed by atoms with E-state index in [1.807, 2.05) is 18.2 Å². The third-order valence-electron chi connectivity index (χ3n) is 2.79. The Balaban J connectivity index is 2.54. The van der Waals surface area contributed by atoms with Gasteiger partial charge in [-0.25, -0.2) is 4.79 Å². The Morgan fingerprint density at radius 3 is 2.71 bits per heavy atom. The number of fused-ring (bicyclic) bond motifs is 1. The molecular weight excluding hydrogens is 238 g/mol. The SMILES string of the molecule is CC(C)(C(=O)O)N1C(=O)CSc2ccccc21. The van der Waals surface area contributed by atoms with Crippen molar-refractivity contribution in [3.8, 4) is 0 Å². The molecule has 1 N–H and O–H groups in total. The molecule has 1 amide bonds. The highest BCUT2D eigenvalue weighted by atomic mass is 32.2. The van der Waals surface area contributed by atoms with Gasteiger partial charge in [0.25, 0.3) is 0 Å². The number of hydrogen-bond donors (Lipinski definition) is 1. The Kier molecular flexibility index (Phi) is 2.87. The van der Waals surface area contributed by atoms with E-state index in [1.54, 1.807) is 19.9 Å². The average molecular weight is 251 g/mol. The number of anilines is 1. The topological polar surface area (TPSA) is 57.6 Å². The van der Waals surface area contributed by atoms with Gasteiger partial charge in [0.15, 0.2) is 0 Å². The molecule has 1 aliphatic heterocycles. The van der Waals surface area contributed by atoms with Gasteiger partial charge in [-0.3, -0.25) is 9.69 Å². The van der Waals surface area contributed by atoms with Gasteiger partial charge < -0.3 is 5.11 Å². The lowest BCUT2D eigenvalue weighted by Crippen LogP contribution is -2.55. The van der Waals surface area contributed by atoms with Crippen LogP contribution in [0.2, 0.25) is 0 Å². The van der Waals surface area contributed by atoms with Crippen molar-refractivity contribution in [1.82, 2.24) is 0 Å². The van der Waals surface area contributed by atoms with E-state index in [2.05, 4.69) is 0 Å². The number of carbonyl (C=O) groups is 2. The molecule has 4 nitrogen and oxygen atoms in total. The predicted octanol–water partition coefficient (Wildman–Crippen LogP) is 1.99. The average Bonchev–Trinajstić information content (AvgIpc) is 2.28. The van der Waals surface area contributed by atoms with Gasteiger partial charge in [0.2, 0.25) is 5.91 Å². The van der Waals surface area contributed by atoms with Crippen molar-refractivity contribution in [2.75, 3.05) is 10.7 Å². The maximum atomic E-state index is 11.9. The van der Waals surface area contributed by atoms with Crippen molar-refractivity contribution < 1.29 is 14.7 Å². The molecule has 0 fully saturated rings. The molecule has 0 radical (unpaired) electrons. The molecule has 0 atom stereocenters. The molecule has 1 aliphatic rings. The summed E-state index contributed by atoms with van der Waals surface area (Å²) >= 11 is 1.44. The number of nitrogens with zero attached hydrogens (tertiary/aromatic N) is 1. The van der Waals surface area contributed by atoms with Crippen LogP contribution in [0.3, 0.4) is 0 Å². The number of carboxylic acids is 1. The Hall–Kier alpha value is -1.49. The highest BCUT2D eigenvalue weighted by molar-refractivity contribution is 8.00. The van der Waals surface area contributed by atoms with E-state index in [0.717, 1.165) is 4.90 Å². The number of amides is 1. The minimum Gasteiger partial charge on any atom is -0.480 e. The zero-order valence-electron chi connectivity index (χ0n) is 9.64. The van der Waals surface area contributed by atoms with Crippen molar-refractivity contribution in [3.05, 3.63) is 24.3 Å². The lowest BCUT2D eigenvalue weighted by molar-refractivity contribution is -0.143. The standard InChI is InChI=1S/C12H13NO3S/c1-12(2,11(15)16)13-8-5-3-4-6-9(8)17-7-10(13)14/h3-6H,7H2,1-2H3,(H,15,16). The zero-order chi connectivity index (χ0) is 12.6. The number of para-hydroxylation sites is 1. The van der Waals surface area contributed by atoms with Gasteiger partial charge in [0.05, 0.1) is 11.4 Å². The molecule has 0 unspecified atom stereocenters. The summed E-state index contributed by atoms with van der Waals surface area (Å²) < 4.78 is 0. The Morgan fingerprint density at radius 2 is 2.06 bits per heavy atom. The van der Waals surface area contributed by atoms with Crippen LogP contribution in [0.4, 0.5) is 5.69 Å². The van der Waals surface area contributed by atoms with E-state index in [1.165, 1.54) is 16.7 Å². The number of carbonyl (C=O) groups excluding carboxylic acids is 1. The van der Waals surface area contributed by atoms with Crippen molar-refractivity contribution in [2.24, 2.45) is 0 Å². The summed E-state index contributed by atoms with van der Waals surface area (Å²) in [5.41, 5.74) is -0.546. The predicted molar refractivity (Wildman–Crippen MR) is 66.4 cm³/mol. The summed E-state index contributed by atoms with van der Waals surface area (Å²) in [5.74, 6) is -0.887. The lowest BCUT2D eigenvalue weighted by Gasteiger charge is -2.38. The third-order valence-corrected chi connectivity index (χ3v) is 3.84. The molecular formula is C12H13NO3S. The van der Waals surface area contributed by atoms with Gasteiger partial charge in [-0.2, -0.15) is 0 Å². The monoisotopic (exact) mass is 251 g/mol. The molecule has 0 aromatic heterocycles. The molecule has 0 saturated heterocycles. The van der Waals surface area contributed by atoms with Crippen LogP contribution < -0.4 is 4.90 Å². The first-order valence-corrected chi connectivity index (χ1v) is 6.21. The largest absolute Gasteiger partial charge is 0.480 e. The first kappa shape index (κ1) is 12.0. The summed E-state index contributed by atoms with van der Waals surface area (Å²) in [6.45, 7) is 3.08. The third kappa shape index (κ3) is 1.91. The molecule has 0 spiro atoms. The van der Waals surface area contributed by atoms with Crippen LogP contribution in [0.1, 0.15) is 13.8 Å². The normalized spacial score (nSPS) is 15.6. The minimum absolute atomic E-state index is 0.166. The highest BCUT2D eigenvalue weighted by Gasteiger charge is 2.41. The minimum atomic E-state index is -1.23. The Bertz CT molecular complexity index is 484. The molecule has 1 aromatic rings. The van der Waals surface area contributed by atoms with E-state index in [9.17, 15) is 14.7 Å². The summed E-state index contributed by atoms with van der Waals surface area (Å²) in [5, 5.41) is 9.24. The molecule has 0 bridgehead atoms. The fourth-order valence-electron chi connectivity index (χ4n) is 1.81. The summed E-state index contributed by atoms with van der Waals surface area (Å²) in [6.07, 6.45) is 0. The molecule has 1 heterocycles. The highest BCUT2D eigenvalue weighted by Crippen LogP contribution is 2.38. The van der Waals surface area contributed by atoms with Gasteiger partial charge in [-0.1, -0.05) is 12.1 Å². The Labute approximate surface area is 104 Å². The van der Waals surface area contributed by atoms with E-state index in [-0.39, 0.29) is 11.7 Å². The van der Waals surface area contributed by atoms with E-state index >= 15 is 0 Å². The zero-order valence-corrected chi connectivity index (χ0v) is 10.5. The number of carboxylic acid groups (broad SMARTS) is 1. The second kappa shape index (κ2) is 4.07. The number of thioether (sulfide) groups is 1.